The minimum absolute atomic E-state index is 0.0762. The van der Waals surface area contributed by atoms with Crippen LogP contribution in [-0.4, -0.2) is 52.6 Å². The summed E-state index contributed by atoms with van der Waals surface area (Å²) in [5.41, 5.74) is 1.14. The van der Waals surface area contributed by atoms with Crippen LogP contribution in [0.4, 0.5) is 0 Å². The lowest BCUT2D eigenvalue weighted by molar-refractivity contribution is 0.315. The molecule has 0 amide bonds. The molecule has 0 N–H and O–H groups in total. The normalized spacial score (nSPS) is 19.3. The molecule has 1 aliphatic rings. The zero-order chi connectivity index (χ0) is 19.7. The summed E-state index contributed by atoms with van der Waals surface area (Å²) in [6.07, 6.45) is 1.75. The molecule has 1 unspecified atom stereocenters. The molecule has 2 aromatic carbocycles. The summed E-state index contributed by atoms with van der Waals surface area (Å²) in [4.78, 5) is 0.196. The van der Waals surface area contributed by atoms with Crippen molar-refractivity contribution in [1.29, 1.82) is 0 Å². The van der Waals surface area contributed by atoms with Gasteiger partial charge >= 0.3 is 0 Å². The Hall–Kier alpha value is -1.74. The van der Waals surface area contributed by atoms with Gasteiger partial charge < -0.3 is 0 Å². The number of hydrogen-bond acceptors (Lipinski definition) is 4. The molecule has 0 spiro atoms. The van der Waals surface area contributed by atoms with E-state index >= 15 is 0 Å². The summed E-state index contributed by atoms with van der Waals surface area (Å²) < 4.78 is 53.0. The molecule has 6 nitrogen and oxygen atoms in total. The van der Waals surface area contributed by atoms with Gasteiger partial charge in [-0.3, -0.25) is 0 Å². The van der Waals surface area contributed by atoms with Crippen molar-refractivity contribution in [2.24, 2.45) is 0 Å². The van der Waals surface area contributed by atoms with E-state index in [2.05, 4.69) is 0 Å². The van der Waals surface area contributed by atoms with E-state index in [0.717, 1.165) is 22.7 Å². The Morgan fingerprint density at radius 3 is 2.07 bits per heavy atom. The lowest BCUT2D eigenvalue weighted by Gasteiger charge is -2.32. The van der Waals surface area contributed by atoms with Crippen LogP contribution in [0.15, 0.2) is 64.4 Å². The van der Waals surface area contributed by atoms with Crippen molar-refractivity contribution >= 4 is 20.0 Å². The molecule has 0 aromatic heterocycles. The predicted octanol–water partition coefficient (Wildman–Crippen LogP) is 2.51. The largest absolute Gasteiger partial charge is 0.243 e. The van der Waals surface area contributed by atoms with Crippen LogP contribution in [-0.2, 0) is 20.0 Å². The zero-order valence-corrected chi connectivity index (χ0v) is 17.1. The van der Waals surface area contributed by atoms with Gasteiger partial charge in [-0.15, -0.1) is 0 Å². The SMILES string of the molecule is CN(C)S(=O)(=O)c1ccc(S(=O)(=O)N2CCCC(c3ccccc3)C2)cc1. The average molecular weight is 409 g/mol. The third kappa shape index (κ3) is 4.08. The van der Waals surface area contributed by atoms with Crippen LogP contribution < -0.4 is 0 Å². The van der Waals surface area contributed by atoms with Crippen molar-refractivity contribution in [2.45, 2.75) is 28.6 Å². The smallest absolute Gasteiger partial charge is 0.207 e. The van der Waals surface area contributed by atoms with Gasteiger partial charge in [0.25, 0.3) is 0 Å². The lowest BCUT2D eigenvalue weighted by atomic mass is 9.92. The first kappa shape index (κ1) is 20.0. The fraction of sp³-hybridized carbons (Fsp3) is 0.368. The Kier molecular flexibility index (Phi) is 5.71. The molecule has 2 aromatic rings. The molecular formula is C19H24N2O4S2. The topological polar surface area (TPSA) is 74.8 Å². The van der Waals surface area contributed by atoms with Gasteiger partial charge in [0.1, 0.15) is 0 Å². The monoisotopic (exact) mass is 408 g/mol. The Bertz CT molecular complexity index is 986. The summed E-state index contributed by atoms with van der Waals surface area (Å²) in [6.45, 7) is 0.910. The molecule has 0 aliphatic carbocycles. The minimum atomic E-state index is -3.66. The van der Waals surface area contributed by atoms with Gasteiger partial charge in [-0.1, -0.05) is 30.3 Å². The van der Waals surface area contributed by atoms with E-state index in [1.54, 1.807) is 0 Å². The van der Waals surface area contributed by atoms with Crippen LogP contribution in [0, 0.1) is 0 Å². The average Bonchev–Trinajstić information content (AvgIpc) is 2.68. The van der Waals surface area contributed by atoms with E-state index in [4.69, 9.17) is 0 Å². The number of rotatable bonds is 5. The van der Waals surface area contributed by atoms with E-state index in [1.807, 2.05) is 30.3 Å². The summed E-state index contributed by atoms with van der Waals surface area (Å²) in [5.74, 6) is 0.170. The Morgan fingerprint density at radius 1 is 0.889 bits per heavy atom. The van der Waals surface area contributed by atoms with E-state index in [-0.39, 0.29) is 15.7 Å². The molecule has 0 bridgehead atoms. The first-order valence-corrected chi connectivity index (χ1v) is 11.7. The Balaban J connectivity index is 1.84. The highest BCUT2D eigenvalue weighted by Gasteiger charge is 2.31. The first-order valence-electron chi connectivity index (χ1n) is 8.80. The molecule has 0 saturated carbocycles. The van der Waals surface area contributed by atoms with E-state index in [9.17, 15) is 16.8 Å². The standard InChI is InChI=1S/C19H24N2O4S2/c1-20(2)26(22,23)18-10-12-19(13-11-18)27(24,25)21-14-6-9-17(15-21)16-7-4-3-5-8-16/h3-5,7-8,10-13,17H,6,9,14-15H2,1-2H3. The van der Waals surface area contributed by atoms with Gasteiger partial charge in [-0.25, -0.2) is 21.1 Å². The fourth-order valence-electron chi connectivity index (χ4n) is 3.30. The van der Waals surface area contributed by atoms with Crippen molar-refractivity contribution in [2.75, 3.05) is 27.2 Å². The van der Waals surface area contributed by atoms with Gasteiger partial charge in [0.15, 0.2) is 0 Å². The predicted molar refractivity (Wildman–Crippen MR) is 104 cm³/mol. The number of sulfonamides is 2. The maximum absolute atomic E-state index is 13.0. The third-order valence-electron chi connectivity index (χ3n) is 4.90. The summed E-state index contributed by atoms with van der Waals surface area (Å²) in [6, 6.07) is 15.4. The van der Waals surface area contributed by atoms with Gasteiger partial charge in [0.2, 0.25) is 20.0 Å². The number of benzene rings is 2. The van der Waals surface area contributed by atoms with Crippen LogP contribution in [0.2, 0.25) is 0 Å². The van der Waals surface area contributed by atoms with Crippen molar-refractivity contribution < 1.29 is 16.8 Å². The summed E-state index contributed by atoms with van der Waals surface area (Å²) >= 11 is 0. The number of hydrogen-bond donors (Lipinski definition) is 0. The third-order valence-corrected chi connectivity index (χ3v) is 8.60. The van der Waals surface area contributed by atoms with E-state index < -0.39 is 20.0 Å². The Morgan fingerprint density at radius 2 is 1.48 bits per heavy atom. The quantitative estimate of drug-likeness (QED) is 0.762. The minimum Gasteiger partial charge on any atom is -0.207 e. The molecular weight excluding hydrogens is 384 g/mol. The molecule has 1 fully saturated rings. The molecule has 1 aliphatic heterocycles. The molecule has 8 heteroatoms. The van der Waals surface area contributed by atoms with Gasteiger partial charge in [-0.05, 0) is 48.6 Å². The van der Waals surface area contributed by atoms with Crippen LogP contribution in [0.25, 0.3) is 0 Å². The Labute approximate surface area is 161 Å². The highest BCUT2D eigenvalue weighted by molar-refractivity contribution is 7.89. The highest BCUT2D eigenvalue weighted by atomic mass is 32.2. The molecule has 146 valence electrons. The van der Waals surface area contributed by atoms with E-state index in [1.165, 1.54) is 42.7 Å². The van der Waals surface area contributed by atoms with Crippen LogP contribution in [0.3, 0.4) is 0 Å². The van der Waals surface area contributed by atoms with Gasteiger partial charge in [0, 0.05) is 27.2 Å². The van der Waals surface area contributed by atoms with Gasteiger partial charge in [-0.2, -0.15) is 4.31 Å². The van der Waals surface area contributed by atoms with Crippen LogP contribution in [0.5, 0.6) is 0 Å². The van der Waals surface area contributed by atoms with Gasteiger partial charge in [0.05, 0.1) is 9.79 Å². The maximum atomic E-state index is 13.0. The molecule has 3 rings (SSSR count). The maximum Gasteiger partial charge on any atom is 0.243 e. The summed E-state index contributed by atoms with van der Waals surface area (Å²) in [5, 5.41) is 0. The van der Waals surface area contributed by atoms with Crippen molar-refractivity contribution in [1.82, 2.24) is 8.61 Å². The number of piperidine rings is 1. The second-order valence-corrected chi connectivity index (χ2v) is 11.0. The van der Waals surface area contributed by atoms with Crippen LogP contribution in [0.1, 0.15) is 24.3 Å². The molecule has 0 radical (unpaired) electrons. The second-order valence-electron chi connectivity index (χ2n) is 6.87. The van der Waals surface area contributed by atoms with Crippen molar-refractivity contribution in [3.63, 3.8) is 0 Å². The van der Waals surface area contributed by atoms with Crippen LogP contribution >= 0.6 is 0 Å². The molecule has 1 atom stereocenters. The van der Waals surface area contributed by atoms with Crippen molar-refractivity contribution in [3.05, 3.63) is 60.2 Å². The zero-order valence-electron chi connectivity index (χ0n) is 15.4. The van der Waals surface area contributed by atoms with Crippen molar-refractivity contribution in [3.8, 4) is 0 Å². The summed E-state index contributed by atoms with van der Waals surface area (Å²) in [7, 11) is -4.36. The molecule has 27 heavy (non-hydrogen) atoms. The van der Waals surface area contributed by atoms with E-state index in [0.29, 0.717) is 13.1 Å². The first-order chi connectivity index (χ1) is 12.7. The molecule has 1 heterocycles. The highest BCUT2D eigenvalue weighted by Crippen LogP contribution is 2.30. The number of nitrogens with zero attached hydrogens (tertiary/aromatic N) is 2. The lowest BCUT2D eigenvalue weighted by Crippen LogP contribution is -2.39. The molecule has 1 saturated heterocycles. The fourth-order valence-corrected chi connectivity index (χ4v) is 5.73. The second kappa shape index (κ2) is 7.71.